The van der Waals surface area contributed by atoms with Crippen molar-refractivity contribution >= 4 is 35.0 Å². The first-order valence-electron chi connectivity index (χ1n) is 12.8. The van der Waals surface area contributed by atoms with Crippen LogP contribution in [0, 0.1) is 11.2 Å². The number of anilines is 4. The standard InChI is InChI=1S/C26H35FN8O2/c1-25(2)13-16(11-17-7-6-10-34(17)25)31-21-18(27)14-30-23(33-21)32-15-8-9-20-19(12-15)35(24(36)29-5)22(28)26(3,4)37-20/h8-9,12,14,16-17,28H,6-7,10-11,13H2,1-5H3,(H,29,36)(H2,30,31,32,33)/t16-,17+/m1/s1. The Balaban J connectivity index is 1.37. The van der Waals surface area contributed by atoms with Crippen LogP contribution in [-0.4, -0.2) is 63.6 Å². The van der Waals surface area contributed by atoms with E-state index in [1.807, 2.05) is 0 Å². The fourth-order valence-electron chi connectivity index (χ4n) is 5.86. The molecule has 4 heterocycles. The minimum atomic E-state index is -0.974. The van der Waals surface area contributed by atoms with E-state index in [0.717, 1.165) is 25.6 Å². The Morgan fingerprint density at radius 2 is 2.05 bits per heavy atom. The summed E-state index contributed by atoms with van der Waals surface area (Å²) in [6, 6.07) is 5.36. The van der Waals surface area contributed by atoms with Crippen LogP contribution in [-0.2, 0) is 0 Å². The molecule has 4 N–H and O–H groups in total. The molecule has 0 saturated carbocycles. The largest absolute Gasteiger partial charge is 0.478 e. The van der Waals surface area contributed by atoms with E-state index in [-0.39, 0.29) is 29.2 Å². The summed E-state index contributed by atoms with van der Waals surface area (Å²) in [5.41, 5.74) is 0.0609. The van der Waals surface area contributed by atoms with Crippen molar-refractivity contribution in [3.05, 3.63) is 30.2 Å². The van der Waals surface area contributed by atoms with E-state index in [9.17, 15) is 9.18 Å². The third-order valence-electron chi connectivity index (χ3n) is 7.57. The quantitative estimate of drug-likeness (QED) is 0.479. The molecule has 2 fully saturated rings. The van der Waals surface area contributed by atoms with Crippen LogP contribution >= 0.6 is 0 Å². The highest BCUT2D eigenvalue weighted by atomic mass is 19.1. The number of carbonyl (C=O) groups excluding carboxylic acids is 1. The number of fused-ring (bicyclic) bond motifs is 2. The van der Waals surface area contributed by atoms with E-state index in [1.54, 1.807) is 32.0 Å². The number of hydrogen-bond donors (Lipinski definition) is 4. The fourth-order valence-corrected chi connectivity index (χ4v) is 5.86. The van der Waals surface area contributed by atoms with Crippen molar-refractivity contribution in [3.8, 4) is 5.75 Å². The molecule has 0 radical (unpaired) electrons. The van der Waals surface area contributed by atoms with Crippen LogP contribution < -0.4 is 25.6 Å². The number of nitrogens with zero attached hydrogens (tertiary/aromatic N) is 4. The van der Waals surface area contributed by atoms with Gasteiger partial charge in [-0.25, -0.2) is 19.1 Å². The SMILES string of the molecule is CNC(=O)N1C(=N)C(C)(C)Oc2ccc(Nc3ncc(F)c(N[C@@H]4C[C@@H]5CCCN5C(C)(C)C4)n3)cc21. The molecular formula is C26H35FN8O2. The van der Waals surface area contributed by atoms with E-state index in [4.69, 9.17) is 10.1 Å². The van der Waals surface area contributed by atoms with Crippen LogP contribution in [0.3, 0.4) is 0 Å². The highest BCUT2D eigenvalue weighted by molar-refractivity contribution is 6.20. The number of benzene rings is 1. The summed E-state index contributed by atoms with van der Waals surface area (Å²) in [4.78, 5) is 25.0. The first-order valence-corrected chi connectivity index (χ1v) is 12.8. The summed E-state index contributed by atoms with van der Waals surface area (Å²) in [6.07, 6.45) is 5.39. The topological polar surface area (TPSA) is 118 Å². The van der Waals surface area contributed by atoms with Crippen LogP contribution in [0.1, 0.15) is 53.4 Å². The lowest BCUT2D eigenvalue weighted by atomic mass is 9.84. The molecule has 0 aliphatic carbocycles. The predicted octanol–water partition coefficient (Wildman–Crippen LogP) is 4.47. The Morgan fingerprint density at radius 3 is 2.81 bits per heavy atom. The number of rotatable bonds is 4. The molecule has 2 aromatic rings. The second kappa shape index (κ2) is 9.13. The summed E-state index contributed by atoms with van der Waals surface area (Å²) in [5, 5.41) is 17.5. The van der Waals surface area contributed by atoms with Crippen molar-refractivity contribution in [2.45, 2.75) is 76.6 Å². The molecule has 2 amide bonds. The molecule has 3 aliphatic heterocycles. The maximum atomic E-state index is 14.7. The van der Waals surface area contributed by atoms with Gasteiger partial charge in [-0.1, -0.05) is 0 Å². The third kappa shape index (κ3) is 4.68. The summed E-state index contributed by atoms with van der Waals surface area (Å²) in [7, 11) is 1.51. The number of amides is 2. The lowest BCUT2D eigenvalue weighted by molar-refractivity contribution is 0.0500. The number of urea groups is 1. The number of amidine groups is 1. The maximum Gasteiger partial charge on any atom is 0.327 e. The van der Waals surface area contributed by atoms with Crippen molar-refractivity contribution in [1.29, 1.82) is 5.41 Å². The van der Waals surface area contributed by atoms with Crippen molar-refractivity contribution in [1.82, 2.24) is 20.2 Å². The van der Waals surface area contributed by atoms with E-state index in [2.05, 4.69) is 44.7 Å². The van der Waals surface area contributed by atoms with Crippen LogP contribution in [0.25, 0.3) is 0 Å². The van der Waals surface area contributed by atoms with Gasteiger partial charge in [0.1, 0.15) is 5.75 Å². The maximum absolute atomic E-state index is 14.7. The molecule has 37 heavy (non-hydrogen) atoms. The minimum Gasteiger partial charge on any atom is -0.478 e. The third-order valence-corrected chi connectivity index (χ3v) is 7.57. The Bertz CT molecular complexity index is 1230. The molecule has 10 nitrogen and oxygen atoms in total. The van der Waals surface area contributed by atoms with Crippen molar-refractivity contribution in [3.63, 3.8) is 0 Å². The Morgan fingerprint density at radius 1 is 1.27 bits per heavy atom. The first kappa shape index (κ1) is 25.2. The van der Waals surface area contributed by atoms with E-state index < -0.39 is 17.4 Å². The van der Waals surface area contributed by atoms with Gasteiger partial charge in [0.05, 0.1) is 11.9 Å². The van der Waals surface area contributed by atoms with Gasteiger partial charge in [-0.2, -0.15) is 4.98 Å². The summed E-state index contributed by atoms with van der Waals surface area (Å²) in [5.74, 6) is 0.370. The molecule has 1 aromatic carbocycles. The number of hydrogen-bond acceptors (Lipinski definition) is 8. The van der Waals surface area contributed by atoms with E-state index in [0.29, 0.717) is 23.2 Å². The lowest BCUT2D eigenvalue weighted by Crippen LogP contribution is -2.56. The Hall–Kier alpha value is -3.47. The molecule has 5 rings (SSSR count). The first-order chi connectivity index (χ1) is 17.5. The normalized spacial score (nSPS) is 24.1. The van der Waals surface area contributed by atoms with E-state index >= 15 is 0 Å². The predicted molar refractivity (Wildman–Crippen MR) is 142 cm³/mol. The minimum absolute atomic E-state index is 0.0113. The molecule has 0 unspecified atom stereocenters. The smallest absolute Gasteiger partial charge is 0.327 e. The molecule has 2 saturated heterocycles. The van der Waals surface area contributed by atoms with Gasteiger partial charge in [0.15, 0.2) is 23.1 Å². The molecular weight excluding hydrogens is 475 g/mol. The number of aromatic nitrogens is 2. The Labute approximate surface area is 216 Å². The zero-order valence-electron chi connectivity index (χ0n) is 22.0. The number of piperidine rings is 1. The summed E-state index contributed by atoms with van der Waals surface area (Å²) in [6.45, 7) is 9.11. The molecule has 0 bridgehead atoms. The monoisotopic (exact) mass is 510 g/mol. The molecule has 3 aliphatic rings. The van der Waals surface area contributed by atoms with Crippen LogP contribution in [0.15, 0.2) is 24.4 Å². The van der Waals surface area contributed by atoms with Gasteiger partial charge in [0.2, 0.25) is 5.95 Å². The molecule has 0 spiro atoms. The number of carbonyl (C=O) groups is 1. The highest BCUT2D eigenvalue weighted by Crippen LogP contribution is 2.41. The van der Waals surface area contributed by atoms with Gasteiger partial charge in [-0.3, -0.25) is 10.3 Å². The van der Waals surface area contributed by atoms with Gasteiger partial charge < -0.3 is 20.7 Å². The van der Waals surface area contributed by atoms with Crippen molar-refractivity contribution in [2.75, 3.05) is 29.1 Å². The number of ether oxygens (including phenoxy) is 1. The van der Waals surface area contributed by atoms with Crippen molar-refractivity contribution in [2.24, 2.45) is 0 Å². The highest BCUT2D eigenvalue weighted by Gasteiger charge is 2.43. The molecule has 11 heteroatoms. The number of halogens is 1. The average molecular weight is 511 g/mol. The van der Waals surface area contributed by atoms with Gasteiger partial charge >= 0.3 is 6.03 Å². The lowest BCUT2D eigenvalue weighted by Gasteiger charge is -2.47. The molecule has 2 atom stereocenters. The molecule has 1 aromatic heterocycles. The second-order valence-electron chi connectivity index (χ2n) is 11.1. The van der Waals surface area contributed by atoms with Gasteiger partial charge in [-0.15, -0.1) is 0 Å². The van der Waals surface area contributed by atoms with E-state index in [1.165, 1.54) is 24.8 Å². The Kier molecular flexibility index (Phi) is 6.21. The van der Waals surface area contributed by atoms with Crippen LogP contribution in [0.4, 0.5) is 32.3 Å². The zero-order valence-corrected chi connectivity index (χ0v) is 22.0. The van der Waals surface area contributed by atoms with Gasteiger partial charge in [0, 0.05) is 30.4 Å². The van der Waals surface area contributed by atoms with Gasteiger partial charge in [0.25, 0.3) is 0 Å². The molecule has 198 valence electrons. The average Bonchev–Trinajstić information content (AvgIpc) is 3.31. The summed E-state index contributed by atoms with van der Waals surface area (Å²) < 4.78 is 20.7. The van der Waals surface area contributed by atoms with Crippen LogP contribution in [0.5, 0.6) is 5.75 Å². The number of nitrogens with one attached hydrogen (secondary N) is 4. The fraction of sp³-hybridized carbons (Fsp3) is 0.538. The summed E-state index contributed by atoms with van der Waals surface area (Å²) >= 11 is 0. The van der Waals surface area contributed by atoms with Crippen molar-refractivity contribution < 1.29 is 13.9 Å². The zero-order chi connectivity index (χ0) is 26.5. The van der Waals surface area contributed by atoms with Gasteiger partial charge in [-0.05, 0) is 78.1 Å². The second-order valence-corrected chi connectivity index (χ2v) is 11.1. The van der Waals surface area contributed by atoms with Crippen LogP contribution in [0.2, 0.25) is 0 Å².